The van der Waals surface area contributed by atoms with Crippen molar-refractivity contribution in [2.45, 2.75) is 6.29 Å². The van der Waals surface area contributed by atoms with Gasteiger partial charge < -0.3 is 14.4 Å². The molecule has 0 aromatic carbocycles. The second-order valence-corrected chi connectivity index (χ2v) is 8.71. The first-order valence-corrected chi connectivity index (χ1v) is 9.61. The van der Waals surface area contributed by atoms with E-state index in [4.69, 9.17) is 9.47 Å². The highest BCUT2D eigenvalue weighted by atomic mass is 32.3. The minimum absolute atomic E-state index is 0.102. The van der Waals surface area contributed by atoms with Crippen molar-refractivity contribution in [1.82, 2.24) is 4.90 Å². The van der Waals surface area contributed by atoms with E-state index in [0.717, 1.165) is 18.6 Å². The van der Waals surface area contributed by atoms with Crippen LogP contribution in [0.5, 0.6) is 0 Å². The zero-order valence-corrected chi connectivity index (χ0v) is 13.3. The molecule has 1 aliphatic rings. The Morgan fingerprint density at radius 3 is 2.30 bits per heavy atom. The molecule has 1 unspecified atom stereocenters. The highest BCUT2D eigenvalue weighted by Crippen LogP contribution is 2.12. The molecule has 0 amide bonds. The van der Waals surface area contributed by atoms with E-state index in [0.29, 0.717) is 19.8 Å². The van der Waals surface area contributed by atoms with E-state index in [1.807, 2.05) is 0 Å². The van der Waals surface area contributed by atoms with Gasteiger partial charge in [0.05, 0.1) is 6.61 Å². The van der Waals surface area contributed by atoms with Crippen molar-refractivity contribution >= 4 is 19.7 Å². The van der Waals surface area contributed by atoms with Gasteiger partial charge in [0, 0.05) is 26.1 Å². The number of nitrogens with zero attached hydrogens (tertiary/aromatic N) is 1. The fourth-order valence-electron chi connectivity index (χ4n) is 1.33. The van der Waals surface area contributed by atoms with E-state index in [2.05, 4.69) is 0 Å². The second-order valence-electron chi connectivity index (χ2n) is 4.49. The fourth-order valence-corrected chi connectivity index (χ4v) is 4.18. The fraction of sp³-hybridized carbons (Fsp3) is 0.636. The molecule has 9 heteroatoms. The highest BCUT2D eigenvalue weighted by Gasteiger charge is 2.23. The summed E-state index contributed by atoms with van der Waals surface area (Å²) >= 11 is 0. The normalized spacial score (nSPS) is 19.1. The van der Waals surface area contributed by atoms with Gasteiger partial charge in [-0.1, -0.05) is 0 Å². The van der Waals surface area contributed by atoms with E-state index in [1.54, 1.807) is 18.1 Å². The van der Waals surface area contributed by atoms with Crippen molar-refractivity contribution in [3.05, 3.63) is 22.6 Å². The molecule has 0 radical (unpaired) electrons. The monoisotopic (exact) mass is 325 g/mol. The molecule has 0 N–H and O–H groups in total. The van der Waals surface area contributed by atoms with Crippen LogP contribution in [-0.2, 0) is 29.1 Å². The molecule has 1 saturated heterocycles. The number of hydrogen-bond acceptors (Lipinski definition) is 7. The average Bonchev–Trinajstić information content (AvgIpc) is 3.04. The maximum atomic E-state index is 11.4. The van der Waals surface area contributed by atoms with Crippen LogP contribution in [0.4, 0.5) is 0 Å². The molecular formula is C11H19NO6S2. The third kappa shape index (κ3) is 6.51. The number of sulfone groups is 2. The maximum Gasteiger partial charge on any atom is 0.186 e. The zero-order valence-electron chi connectivity index (χ0n) is 11.6. The number of allylic oxidation sites excluding steroid dienone is 2. The van der Waals surface area contributed by atoms with Gasteiger partial charge in [0.2, 0.25) is 0 Å². The van der Waals surface area contributed by atoms with E-state index in [-0.39, 0.29) is 6.29 Å². The van der Waals surface area contributed by atoms with Gasteiger partial charge in [-0.25, -0.2) is 16.8 Å². The summed E-state index contributed by atoms with van der Waals surface area (Å²) in [4.78, 5) is 1.75. The number of likely N-dealkylation sites (N-methyl/N-ethyl adjacent to an activating group) is 1. The van der Waals surface area contributed by atoms with Crippen LogP contribution >= 0.6 is 0 Å². The molecule has 1 aliphatic heterocycles. The number of ether oxygens (including phenoxy) is 2. The molecule has 1 rings (SSSR count). The van der Waals surface area contributed by atoms with Gasteiger partial charge in [0.1, 0.15) is 6.61 Å². The zero-order chi connectivity index (χ0) is 15.4. The van der Waals surface area contributed by atoms with Crippen molar-refractivity contribution in [2.24, 2.45) is 0 Å². The van der Waals surface area contributed by atoms with Crippen molar-refractivity contribution < 1.29 is 26.3 Å². The number of rotatable bonds is 8. The van der Waals surface area contributed by atoms with Crippen LogP contribution in [0.1, 0.15) is 0 Å². The Hall–Kier alpha value is -0.900. The van der Waals surface area contributed by atoms with Crippen molar-refractivity contribution in [2.75, 3.05) is 39.3 Å². The predicted octanol–water partition coefficient (Wildman–Crippen LogP) is -0.265. The van der Waals surface area contributed by atoms with Gasteiger partial charge in [-0.05, 0) is 18.4 Å². The maximum absolute atomic E-state index is 11.4. The average molecular weight is 325 g/mol. The van der Waals surface area contributed by atoms with Crippen LogP contribution in [0.15, 0.2) is 22.6 Å². The van der Waals surface area contributed by atoms with Gasteiger partial charge in [-0.2, -0.15) is 0 Å². The summed E-state index contributed by atoms with van der Waals surface area (Å²) in [5.74, 6) is 0. The van der Waals surface area contributed by atoms with E-state index in [1.165, 1.54) is 6.08 Å². The summed E-state index contributed by atoms with van der Waals surface area (Å²) in [5.41, 5.74) is 0. The molecule has 1 atom stereocenters. The van der Waals surface area contributed by atoms with Gasteiger partial charge in [0.15, 0.2) is 30.2 Å². The molecule has 0 aromatic heterocycles. The summed E-state index contributed by atoms with van der Waals surface area (Å²) in [6.45, 7) is 1.67. The standard InChI is InChI=1S/C11H19NO6S2/c1-12(7-8-17-10-9-18-10)6-4-5-11(19(2,13)14)20(3,15)16/h4-6,10H,7-9H2,1-3H3/b6-4+. The van der Waals surface area contributed by atoms with Gasteiger partial charge in [-0.15, -0.1) is 0 Å². The lowest BCUT2D eigenvalue weighted by atomic mass is 10.5. The Labute approximate surface area is 119 Å². The molecule has 1 fully saturated rings. The molecule has 0 aliphatic carbocycles. The molecule has 0 aromatic rings. The number of epoxide rings is 1. The van der Waals surface area contributed by atoms with Crippen LogP contribution < -0.4 is 0 Å². The van der Waals surface area contributed by atoms with Gasteiger partial charge >= 0.3 is 0 Å². The summed E-state index contributed by atoms with van der Waals surface area (Å²) in [5, 5.41) is 0. The smallest absolute Gasteiger partial charge is 0.186 e. The molecule has 0 spiro atoms. The second kappa shape index (κ2) is 6.70. The Bertz CT molecular complexity index is 552. The minimum Gasteiger partial charge on any atom is -0.378 e. The topological polar surface area (TPSA) is 93.3 Å². The van der Waals surface area contributed by atoms with Crippen molar-refractivity contribution in [3.63, 3.8) is 0 Å². The predicted molar refractivity (Wildman–Crippen MR) is 75.2 cm³/mol. The van der Waals surface area contributed by atoms with Crippen LogP contribution in [0.25, 0.3) is 0 Å². The van der Waals surface area contributed by atoms with E-state index >= 15 is 0 Å². The molecule has 1 heterocycles. The molecule has 7 nitrogen and oxygen atoms in total. The van der Waals surface area contributed by atoms with Crippen LogP contribution in [0, 0.1) is 0 Å². The highest BCUT2D eigenvalue weighted by molar-refractivity contribution is 8.13. The van der Waals surface area contributed by atoms with Gasteiger partial charge in [-0.3, -0.25) is 0 Å². The SMILES string of the molecule is CN(/C=C/C=C(S(C)(=O)=O)S(C)(=O)=O)CCOC1CO1. The van der Waals surface area contributed by atoms with Crippen molar-refractivity contribution in [3.8, 4) is 0 Å². The minimum atomic E-state index is -3.78. The van der Waals surface area contributed by atoms with E-state index in [9.17, 15) is 16.8 Å². The Morgan fingerprint density at radius 1 is 1.30 bits per heavy atom. The van der Waals surface area contributed by atoms with E-state index < -0.39 is 23.9 Å². The first-order valence-electron chi connectivity index (χ1n) is 5.83. The summed E-state index contributed by atoms with van der Waals surface area (Å²) in [7, 11) is -5.79. The Balaban J connectivity index is 2.59. The molecule has 116 valence electrons. The molecule has 0 bridgehead atoms. The quantitative estimate of drug-likeness (QED) is 0.448. The lowest BCUT2D eigenvalue weighted by molar-refractivity contribution is 0.0440. The van der Waals surface area contributed by atoms with Crippen LogP contribution in [0.3, 0.4) is 0 Å². The first-order chi connectivity index (χ1) is 9.10. The molecule has 20 heavy (non-hydrogen) atoms. The number of hydrogen-bond donors (Lipinski definition) is 0. The Kier molecular flexibility index (Phi) is 5.75. The third-order valence-corrected chi connectivity index (χ3v) is 5.90. The molecule has 0 saturated carbocycles. The summed E-state index contributed by atoms with van der Waals surface area (Å²) in [6, 6.07) is 0. The lowest BCUT2D eigenvalue weighted by Crippen LogP contribution is -2.18. The molecular weight excluding hydrogens is 306 g/mol. The first kappa shape index (κ1) is 17.2. The summed E-state index contributed by atoms with van der Waals surface area (Å²) < 4.78 is 55.0. The van der Waals surface area contributed by atoms with Crippen LogP contribution in [-0.4, -0.2) is 67.3 Å². The van der Waals surface area contributed by atoms with Crippen LogP contribution in [0.2, 0.25) is 0 Å². The summed E-state index contributed by atoms with van der Waals surface area (Å²) in [6.07, 6.45) is 5.65. The lowest BCUT2D eigenvalue weighted by Gasteiger charge is -2.12. The Morgan fingerprint density at radius 2 is 1.85 bits per heavy atom. The third-order valence-electron chi connectivity index (χ3n) is 2.35. The largest absolute Gasteiger partial charge is 0.378 e. The van der Waals surface area contributed by atoms with Crippen molar-refractivity contribution in [1.29, 1.82) is 0 Å². The van der Waals surface area contributed by atoms with Gasteiger partial charge in [0.25, 0.3) is 0 Å².